The van der Waals surface area contributed by atoms with Crippen LogP contribution in [0.15, 0.2) is 53.4 Å². The van der Waals surface area contributed by atoms with Crippen molar-refractivity contribution in [3.8, 4) is 0 Å². The number of anilines is 2. The first-order valence-electron chi connectivity index (χ1n) is 8.56. The molecule has 6 nitrogen and oxygen atoms in total. The molecule has 140 valence electrons. The summed E-state index contributed by atoms with van der Waals surface area (Å²) in [4.78, 5) is 38.9. The summed E-state index contributed by atoms with van der Waals surface area (Å²) < 4.78 is 5.21. The van der Waals surface area contributed by atoms with Gasteiger partial charge in [0.1, 0.15) is 0 Å². The van der Waals surface area contributed by atoms with Gasteiger partial charge in [-0.2, -0.15) is 0 Å². The van der Waals surface area contributed by atoms with Crippen LogP contribution in [0.1, 0.15) is 24.2 Å². The van der Waals surface area contributed by atoms with Crippen molar-refractivity contribution < 1.29 is 19.1 Å². The summed E-state index contributed by atoms with van der Waals surface area (Å²) in [5.74, 6) is -0.654. The Bertz CT molecular complexity index is 868. The Kier molecular flexibility index (Phi) is 5.81. The van der Waals surface area contributed by atoms with E-state index in [0.717, 1.165) is 10.6 Å². The number of nitrogens with one attached hydrogen (secondary N) is 1. The normalized spacial score (nSPS) is 12.9. The van der Waals surface area contributed by atoms with Crippen molar-refractivity contribution >= 4 is 40.9 Å². The predicted molar refractivity (Wildman–Crippen MR) is 105 cm³/mol. The van der Waals surface area contributed by atoms with Crippen LogP contribution in [0, 0.1) is 0 Å². The minimum Gasteiger partial charge on any atom is -0.452 e. The van der Waals surface area contributed by atoms with E-state index in [0.29, 0.717) is 17.0 Å². The number of amides is 2. The lowest BCUT2D eigenvalue weighted by atomic mass is 10.2. The molecule has 0 radical (unpaired) electrons. The number of benzene rings is 2. The third-order valence-corrected chi connectivity index (χ3v) is 5.07. The third kappa shape index (κ3) is 4.49. The van der Waals surface area contributed by atoms with E-state index in [2.05, 4.69) is 5.32 Å². The summed E-state index contributed by atoms with van der Waals surface area (Å²) in [5.41, 5.74) is 1.63. The Morgan fingerprint density at radius 3 is 2.63 bits per heavy atom. The summed E-state index contributed by atoms with van der Waals surface area (Å²) in [7, 11) is 0. The molecule has 1 aliphatic heterocycles. The molecular weight excluding hydrogens is 364 g/mol. The zero-order chi connectivity index (χ0) is 19.4. The topological polar surface area (TPSA) is 75.7 Å². The van der Waals surface area contributed by atoms with E-state index in [1.165, 1.54) is 11.8 Å². The van der Waals surface area contributed by atoms with Gasteiger partial charge in [-0.25, -0.2) is 4.79 Å². The summed E-state index contributed by atoms with van der Waals surface area (Å²) in [6.45, 7) is 3.44. The Morgan fingerprint density at radius 1 is 1.19 bits per heavy atom. The largest absolute Gasteiger partial charge is 0.452 e. The van der Waals surface area contributed by atoms with Crippen molar-refractivity contribution in [2.45, 2.75) is 24.8 Å². The molecule has 0 unspecified atom stereocenters. The fourth-order valence-electron chi connectivity index (χ4n) is 2.81. The van der Waals surface area contributed by atoms with Crippen molar-refractivity contribution in [1.82, 2.24) is 0 Å². The lowest BCUT2D eigenvalue weighted by Crippen LogP contribution is -2.39. The molecule has 0 saturated heterocycles. The van der Waals surface area contributed by atoms with E-state index in [1.54, 1.807) is 23.1 Å². The lowest BCUT2D eigenvalue weighted by molar-refractivity contribution is -0.122. The van der Waals surface area contributed by atoms with E-state index in [4.69, 9.17) is 4.74 Å². The van der Waals surface area contributed by atoms with Gasteiger partial charge in [-0.1, -0.05) is 18.2 Å². The molecule has 1 heterocycles. The standard InChI is InChI=1S/C20H20N2O4S/c1-13(2)22(15-6-4-3-5-7-15)19(24)11-26-20(25)14-8-9-17-16(10-14)21-18(23)12-27-17/h3-10,13H,11-12H2,1-2H3,(H,21,23). The SMILES string of the molecule is CC(C)N(C(=O)COC(=O)c1ccc2c(c1)NC(=O)CS2)c1ccccc1. The quantitative estimate of drug-likeness (QED) is 0.801. The second-order valence-electron chi connectivity index (χ2n) is 6.32. The minimum absolute atomic E-state index is 0.0745. The molecule has 0 saturated carbocycles. The highest BCUT2D eigenvalue weighted by Gasteiger charge is 2.22. The molecule has 2 amide bonds. The Hall–Kier alpha value is -2.80. The summed E-state index contributed by atoms with van der Waals surface area (Å²) in [6.07, 6.45) is 0. The third-order valence-electron chi connectivity index (χ3n) is 3.99. The van der Waals surface area contributed by atoms with Gasteiger partial charge in [-0.05, 0) is 44.2 Å². The van der Waals surface area contributed by atoms with Gasteiger partial charge in [0.25, 0.3) is 5.91 Å². The first-order valence-corrected chi connectivity index (χ1v) is 9.55. The number of esters is 1. The van der Waals surface area contributed by atoms with Crippen LogP contribution in [-0.2, 0) is 14.3 Å². The van der Waals surface area contributed by atoms with Crippen LogP contribution < -0.4 is 10.2 Å². The smallest absolute Gasteiger partial charge is 0.338 e. The number of ether oxygens (including phenoxy) is 1. The molecule has 0 aliphatic carbocycles. The van der Waals surface area contributed by atoms with Crippen LogP contribution in [0.3, 0.4) is 0 Å². The Balaban J connectivity index is 1.67. The number of rotatable bonds is 5. The maximum absolute atomic E-state index is 12.6. The van der Waals surface area contributed by atoms with E-state index in [9.17, 15) is 14.4 Å². The number of para-hydroxylation sites is 1. The van der Waals surface area contributed by atoms with Gasteiger partial charge >= 0.3 is 5.97 Å². The van der Waals surface area contributed by atoms with E-state index < -0.39 is 5.97 Å². The maximum Gasteiger partial charge on any atom is 0.338 e. The molecule has 1 aliphatic rings. The lowest BCUT2D eigenvalue weighted by Gasteiger charge is -2.26. The van der Waals surface area contributed by atoms with Crippen molar-refractivity contribution in [3.05, 3.63) is 54.1 Å². The maximum atomic E-state index is 12.6. The fourth-order valence-corrected chi connectivity index (χ4v) is 3.60. The van der Waals surface area contributed by atoms with E-state index >= 15 is 0 Å². The molecule has 2 aromatic rings. The average Bonchev–Trinajstić information content (AvgIpc) is 2.66. The molecule has 7 heteroatoms. The van der Waals surface area contributed by atoms with Gasteiger partial charge in [0.2, 0.25) is 5.91 Å². The highest BCUT2D eigenvalue weighted by Crippen LogP contribution is 2.32. The molecular formula is C20H20N2O4S. The molecule has 2 aromatic carbocycles. The van der Waals surface area contributed by atoms with Gasteiger partial charge in [0.05, 0.1) is 17.0 Å². The van der Waals surface area contributed by atoms with Crippen LogP contribution in [-0.4, -0.2) is 36.2 Å². The van der Waals surface area contributed by atoms with Crippen molar-refractivity contribution in [3.63, 3.8) is 0 Å². The van der Waals surface area contributed by atoms with Gasteiger partial charge < -0.3 is 15.0 Å². The zero-order valence-electron chi connectivity index (χ0n) is 15.1. The first-order chi connectivity index (χ1) is 13.0. The van der Waals surface area contributed by atoms with Crippen molar-refractivity contribution in [1.29, 1.82) is 0 Å². The predicted octanol–water partition coefficient (Wildman–Crippen LogP) is 3.33. The second kappa shape index (κ2) is 8.26. The number of carbonyl (C=O) groups excluding carboxylic acids is 3. The zero-order valence-corrected chi connectivity index (χ0v) is 15.9. The second-order valence-corrected chi connectivity index (χ2v) is 7.33. The molecule has 0 bridgehead atoms. The van der Waals surface area contributed by atoms with Crippen molar-refractivity contribution in [2.24, 2.45) is 0 Å². The van der Waals surface area contributed by atoms with Crippen LogP contribution in [0.5, 0.6) is 0 Å². The molecule has 27 heavy (non-hydrogen) atoms. The number of hydrogen-bond acceptors (Lipinski definition) is 5. The van der Waals surface area contributed by atoms with Crippen LogP contribution in [0.2, 0.25) is 0 Å². The van der Waals surface area contributed by atoms with Gasteiger partial charge in [0.15, 0.2) is 6.61 Å². The molecule has 0 spiro atoms. The monoisotopic (exact) mass is 384 g/mol. The molecule has 0 aromatic heterocycles. The summed E-state index contributed by atoms with van der Waals surface area (Å²) in [6, 6.07) is 14.1. The minimum atomic E-state index is -0.604. The van der Waals surface area contributed by atoms with E-state index in [1.807, 2.05) is 44.2 Å². The molecule has 0 atom stereocenters. The first kappa shape index (κ1) is 19.0. The van der Waals surface area contributed by atoms with Crippen LogP contribution in [0.4, 0.5) is 11.4 Å². The Labute approximate surface area is 161 Å². The van der Waals surface area contributed by atoms with E-state index in [-0.39, 0.29) is 24.5 Å². The van der Waals surface area contributed by atoms with Crippen molar-refractivity contribution in [2.75, 3.05) is 22.6 Å². The molecule has 0 fully saturated rings. The Morgan fingerprint density at radius 2 is 1.93 bits per heavy atom. The number of nitrogens with zero attached hydrogens (tertiary/aromatic N) is 1. The highest BCUT2D eigenvalue weighted by molar-refractivity contribution is 8.00. The number of fused-ring (bicyclic) bond motifs is 1. The van der Waals surface area contributed by atoms with Gasteiger partial charge in [-0.15, -0.1) is 11.8 Å². The summed E-state index contributed by atoms with van der Waals surface area (Å²) >= 11 is 1.42. The number of hydrogen-bond donors (Lipinski definition) is 1. The number of thioether (sulfide) groups is 1. The van der Waals surface area contributed by atoms with Crippen LogP contribution >= 0.6 is 11.8 Å². The number of carbonyl (C=O) groups is 3. The van der Waals surface area contributed by atoms with Crippen LogP contribution in [0.25, 0.3) is 0 Å². The summed E-state index contributed by atoms with van der Waals surface area (Å²) in [5, 5.41) is 2.73. The fraction of sp³-hybridized carbons (Fsp3) is 0.250. The average molecular weight is 384 g/mol. The van der Waals surface area contributed by atoms with Gasteiger partial charge in [0, 0.05) is 16.6 Å². The van der Waals surface area contributed by atoms with Gasteiger partial charge in [-0.3, -0.25) is 9.59 Å². The highest BCUT2D eigenvalue weighted by atomic mass is 32.2. The molecule has 3 rings (SSSR count). The molecule has 1 N–H and O–H groups in total.